The molecule has 3 heterocycles. The Morgan fingerprint density at radius 2 is 0.758 bits per heavy atom. The van der Waals surface area contributed by atoms with Gasteiger partial charge in [-0.25, -0.2) is 15.0 Å². The van der Waals surface area contributed by atoms with Crippen LogP contribution in [0.15, 0.2) is 224 Å². The number of rotatable bonds is 7. The maximum absolute atomic E-state index is 8.97. The highest BCUT2D eigenvalue weighted by atomic mass is 15.0. The van der Waals surface area contributed by atoms with Gasteiger partial charge in [0.05, 0.1) is 28.9 Å². The lowest BCUT2D eigenvalue weighted by atomic mass is 9.98. The van der Waals surface area contributed by atoms with E-state index in [2.05, 4.69) is 118 Å². The summed E-state index contributed by atoms with van der Waals surface area (Å²) in [7, 11) is 0. The zero-order valence-electron chi connectivity index (χ0n) is 38.2. The zero-order valence-corrected chi connectivity index (χ0v) is 33.2. The molecule has 5 nitrogen and oxygen atoms in total. The average molecular weight is 797 g/mol. The van der Waals surface area contributed by atoms with E-state index in [1.807, 2.05) is 84.9 Å². The van der Waals surface area contributed by atoms with Crippen LogP contribution in [0.4, 0.5) is 0 Å². The summed E-state index contributed by atoms with van der Waals surface area (Å²) in [5.41, 5.74) is 11.3. The summed E-state index contributed by atoms with van der Waals surface area (Å²) < 4.78 is 48.0. The number of fused-ring (bicyclic) bond motifs is 6. The monoisotopic (exact) mass is 796 g/mol. The summed E-state index contributed by atoms with van der Waals surface area (Å²) in [6.45, 7) is 0. The fourth-order valence-electron chi connectivity index (χ4n) is 8.85. The van der Waals surface area contributed by atoms with Crippen LogP contribution in [-0.4, -0.2) is 24.1 Å². The highest BCUT2D eigenvalue weighted by molar-refractivity contribution is 6.12. The van der Waals surface area contributed by atoms with E-state index >= 15 is 0 Å². The van der Waals surface area contributed by atoms with E-state index in [1.165, 1.54) is 10.8 Å². The molecule has 0 saturated carbocycles. The van der Waals surface area contributed by atoms with Crippen molar-refractivity contribution in [3.63, 3.8) is 0 Å². The highest BCUT2D eigenvalue weighted by Crippen LogP contribution is 2.40. The first-order valence-electron chi connectivity index (χ1n) is 23.0. The van der Waals surface area contributed by atoms with Gasteiger partial charge in [0.15, 0.2) is 17.5 Å². The standard InChI is InChI=1S/C57H37N5/c1-4-16-38(17-5-1)39-28-30-42(31-29-39)56-58-55(41-20-8-3-9-21-41)59-57(60-56)50-37-43(32-34-45(50)40-18-6-2-7-19-40)62-53-27-15-12-24-48(53)49-36-44(33-35-54(49)62)61-51-25-13-10-22-46(51)47-23-11-14-26-52(47)61/h1-37H/i3D,8D,9D,20D,21D. The minimum Gasteiger partial charge on any atom is -0.309 e. The van der Waals surface area contributed by atoms with Crippen LogP contribution >= 0.6 is 0 Å². The molecule has 0 saturated heterocycles. The Kier molecular flexibility index (Phi) is 7.25. The minimum absolute atomic E-state index is 0.0250. The predicted molar refractivity (Wildman–Crippen MR) is 256 cm³/mol. The summed E-state index contributed by atoms with van der Waals surface area (Å²) in [6.07, 6.45) is 0. The van der Waals surface area contributed by atoms with Crippen LogP contribution in [0, 0.1) is 0 Å². The Balaban J connectivity index is 1.09. The Labute approximate surface area is 365 Å². The molecule has 0 amide bonds. The number of para-hydroxylation sites is 3. The van der Waals surface area contributed by atoms with E-state index in [0.717, 1.165) is 66.5 Å². The van der Waals surface area contributed by atoms with Crippen molar-refractivity contribution in [2.24, 2.45) is 0 Å². The lowest BCUT2D eigenvalue weighted by molar-refractivity contribution is 1.07. The Hall–Kier alpha value is -8.41. The predicted octanol–water partition coefficient (Wildman–Crippen LogP) is 14.4. The molecule has 0 spiro atoms. The van der Waals surface area contributed by atoms with Gasteiger partial charge in [0.25, 0.3) is 0 Å². The summed E-state index contributed by atoms with van der Waals surface area (Å²) in [4.78, 5) is 15.0. The molecule has 0 radical (unpaired) electrons. The third-order valence-corrected chi connectivity index (χ3v) is 11.7. The molecule has 9 aromatic carbocycles. The molecule has 0 bridgehead atoms. The Bertz CT molecular complexity index is 3840. The van der Waals surface area contributed by atoms with Crippen LogP contribution in [0.1, 0.15) is 6.85 Å². The van der Waals surface area contributed by atoms with Gasteiger partial charge in [0, 0.05) is 49.6 Å². The molecular weight excluding hydrogens is 755 g/mol. The smallest absolute Gasteiger partial charge is 0.164 e. The average Bonchev–Trinajstić information content (AvgIpc) is 3.90. The van der Waals surface area contributed by atoms with Gasteiger partial charge >= 0.3 is 0 Å². The molecule has 0 aliphatic rings. The maximum Gasteiger partial charge on any atom is 0.164 e. The molecule has 0 aliphatic heterocycles. The van der Waals surface area contributed by atoms with E-state index in [0.29, 0.717) is 17.0 Å². The number of hydrogen-bond donors (Lipinski definition) is 0. The molecule has 290 valence electrons. The first-order chi connectivity index (χ1) is 32.8. The SMILES string of the molecule is [2H]c1c([2H])c([2H])c(-c2nc(-c3ccc(-c4ccccc4)cc3)nc(-c3cc(-n4c5ccccc5c5cc(-n6c7ccccc7c7ccccc76)ccc54)ccc3-c3ccccc3)n2)c([2H])c1[2H]. The molecule has 12 aromatic rings. The van der Waals surface area contributed by atoms with Crippen molar-refractivity contribution in [3.05, 3.63) is 224 Å². The van der Waals surface area contributed by atoms with Crippen LogP contribution in [0.2, 0.25) is 0 Å². The quantitative estimate of drug-likeness (QED) is 0.161. The van der Waals surface area contributed by atoms with E-state index in [9.17, 15) is 0 Å². The largest absolute Gasteiger partial charge is 0.309 e. The number of hydrogen-bond acceptors (Lipinski definition) is 3. The molecular formula is C57H37N5. The van der Waals surface area contributed by atoms with Crippen molar-refractivity contribution in [1.82, 2.24) is 24.1 Å². The van der Waals surface area contributed by atoms with Crippen LogP contribution in [0.5, 0.6) is 0 Å². The number of aromatic nitrogens is 5. The Morgan fingerprint density at radius 1 is 0.306 bits per heavy atom. The van der Waals surface area contributed by atoms with Crippen molar-refractivity contribution in [3.8, 4) is 67.8 Å². The minimum atomic E-state index is -0.489. The van der Waals surface area contributed by atoms with E-state index < -0.39 is 30.2 Å². The van der Waals surface area contributed by atoms with Crippen LogP contribution < -0.4 is 0 Å². The van der Waals surface area contributed by atoms with Gasteiger partial charge in [0.1, 0.15) is 0 Å². The lowest BCUT2D eigenvalue weighted by Gasteiger charge is -2.16. The van der Waals surface area contributed by atoms with Gasteiger partial charge in [-0.05, 0) is 70.8 Å². The van der Waals surface area contributed by atoms with Gasteiger partial charge in [-0.2, -0.15) is 0 Å². The highest BCUT2D eigenvalue weighted by Gasteiger charge is 2.20. The molecule has 0 N–H and O–H groups in total. The third kappa shape index (κ3) is 5.98. The molecule has 12 rings (SSSR count). The number of benzene rings is 9. The normalized spacial score (nSPS) is 12.7. The maximum atomic E-state index is 8.97. The molecule has 0 unspecified atom stereocenters. The summed E-state index contributed by atoms with van der Waals surface area (Å²) in [5.74, 6) is 0.558. The molecule has 0 fully saturated rings. The Morgan fingerprint density at radius 3 is 1.39 bits per heavy atom. The van der Waals surface area contributed by atoms with Gasteiger partial charge in [-0.1, -0.05) is 176 Å². The second-order valence-electron chi connectivity index (χ2n) is 15.3. The second kappa shape index (κ2) is 14.7. The van der Waals surface area contributed by atoms with Gasteiger partial charge in [-0.3, -0.25) is 0 Å². The fraction of sp³-hybridized carbons (Fsp3) is 0. The van der Waals surface area contributed by atoms with E-state index in [-0.39, 0.29) is 17.2 Å². The van der Waals surface area contributed by atoms with E-state index in [1.54, 1.807) is 0 Å². The fourth-order valence-corrected chi connectivity index (χ4v) is 8.85. The number of nitrogens with zero attached hydrogens (tertiary/aromatic N) is 5. The topological polar surface area (TPSA) is 48.5 Å². The zero-order chi connectivity index (χ0) is 45.3. The first-order valence-corrected chi connectivity index (χ1v) is 20.5. The van der Waals surface area contributed by atoms with Gasteiger partial charge in [-0.15, -0.1) is 0 Å². The van der Waals surface area contributed by atoms with Crippen molar-refractivity contribution in [2.45, 2.75) is 0 Å². The van der Waals surface area contributed by atoms with Crippen molar-refractivity contribution in [1.29, 1.82) is 0 Å². The lowest BCUT2D eigenvalue weighted by Crippen LogP contribution is -2.02. The summed E-state index contributed by atoms with van der Waals surface area (Å²) >= 11 is 0. The van der Waals surface area contributed by atoms with E-state index in [4.69, 9.17) is 21.8 Å². The van der Waals surface area contributed by atoms with Crippen molar-refractivity contribution in [2.75, 3.05) is 0 Å². The van der Waals surface area contributed by atoms with Crippen LogP contribution in [-0.2, 0) is 0 Å². The molecule has 62 heavy (non-hydrogen) atoms. The third-order valence-electron chi connectivity index (χ3n) is 11.7. The summed E-state index contributed by atoms with van der Waals surface area (Å²) in [6, 6.07) is 64.2. The first kappa shape index (κ1) is 30.6. The van der Waals surface area contributed by atoms with Gasteiger partial charge in [0.2, 0.25) is 0 Å². The summed E-state index contributed by atoms with van der Waals surface area (Å²) in [5, 5.41) is 4.59. The van der Waals surface area contributed by atoms with Crippen molar-refractivity contribution < 1.29 is 6.85 Å². The molecule has 5 heteroatoms. The van der Waals surface area contributed by atoms with Crippen LogP contribution in [0.3, 0.4) is 0 Å². The van der Waals surface area contributed by atoms with Crippen LogP contribution in [0.25, 0.3) is 111 Å². The van der Waals surface area contributed by atoms with Gasteiger partial charge < -0.3 is 9.13 Å². The van der Waals surface area contributed by atoms with Crippen molar-refractivity contribution >= 4 is 43.6 Å². The molecule has 0 aliphatic carbocycles. The molecule has 0 atom stereocenters. The molecule has 3 aromatic heterocycles. The second-order valence-corrected chi connectivity index (χ2v) is 15.3.